The number of aromatic nitrogens is 4. The van der Waals surface area contributed by atoms with Gasteiger partial charge in [0.1, 0.15) is 29.5 Å². The van der Waals surface area contributed by atoms with Gasteiger partial charge < -0.3 is 24.7 Å². The molecule has 0 bridgehead atoms. The lowest BCUT2D eigenvalue weighted by molar-refractivity contribution is -0.136. The molecule has 0 fully saturated rings. The van der Waals surface area contributed by atoms with Crippen LogP contribution in [0.4, 0.5) is 32.4 Å². The van der Waals surface area contributed by atoms with Crippen molar-refractivity contribution in [2.45, 2.75) is 52.1 Å². The highest BCUT2D eigenvalue weighted by Gasteiger charge is 2.37. The summed E-state index contributed by atoms with van der Waals surface area (Å²) < 4.78 is 88.4. The van der Waals surface area contributed by atoms with Gasteiger partial charge in [-0.1, -0.05) is 30.0 Å². The molecule has 0 spiro atoms. The minimum atomic E-state index is -4.82. The number of nitrogens with one attached hydrogen (secondary N) is 2. The summed E-state index contributed by atoms with van der Waals surface area (Å²) in [6.45, 7) is 8.14. The SMILES string of the molecule is Cc1nonc1CNC(=O)Nc1cc(F)c(Oc2ccnc3c2c(C(F)(F)F)cn3COCC[Si](C)(C)C)c(F)c1. The molecule has 0 unspecified atom stereocenters. The Morgan fingerprint density at radius 2 is 1.85 bits per heavy atom. The average molecular weight is 599 g/mol. The van der Waals surface area contributed by atoms with Crippen LogP contribution in [-0.4, -0.2) is 40.6 Å². The molecular weight excluding hydrogens is 571 g/mol. The normalized spacial score (nSPS) is 12.1. The number of anilines is 1. The summed E-state index contributed by atoms with van der Waals surface area (Å²) in [5, 5.41) is 11.4. The second-order valence-corrected chi connectivity index (χ2v) is 16.0. The van der Waals surface area contributed by atoms with E-state index in [1.807, 2.05) is 0 Å². The number of hydrogen-bond donors (Lipinski definition) is 2. The average Bonchev–Trinajstić information content (AvgIpc) is 3.46. The van der Waals surface area contributed by atoms with Crippen LogP contribution in [0.2, 0.25) is 25.7 Å². The van der Waals surface area contributed by atoms with E-state index in [1.54, 1.807) is 6.92 Å². The number of fused-ring (bicyclic) bond motifs is 1. The number of ether oxygens (including phenoxy) is 2. The second-order valence-electron chi connectivity index (χ2n) is 10.3. The van der Waals surface area contributed by atoms with Crippen molar-refractivity contribution in [3.05, 3.63) is 59.2 Å². The molecule has 4 aromatic rings. The number of pyridine rings is 1. The highest BCUT2D eigenvalue weighted by molar-refractivity contribution is 6.76. The molecule has 0 atom stereocenters. The highest BCUT2D eigenvalue weighted by atomic mass is 28.3. The van der Waals surface area contributed by atoms with Crippen molar-refractivity contribution in [2.75, 3.05) is 11.9 Å². The number of rotatable bonds is 10. The maximum absolute atomic E-state index is 14.9. The van der Waals surface area contributed by atoms with Crippen LogP contribution < -0.4 is 15.4 Å². The number of aryl methyl sites for hydroxylation is 1. The zero-order chi connectivity index (χ0) is 29.9. The topological polar surface area (TPSA) is 116 Å². The lowest BCUT2D eigenvalue weighted by Crippen LogP contribution is -2.28. The molecule has 0 radical (unpaired) electrons. The monoisotopic (exact) mass is 598 g/mol. The summed E-state index contributed by atoms with van der Waals surface area (Å²) in [4.78, 5) is 16.2. The third-order valence-electron chi connectivity index (χ3n) is 5.88. The predicted octanol–water partition coefficient (Wildman–Crippen LogP) is 6.45. The van der Waals surface area contributed by atoms with Crippen LogP contribution in [0.25, 0.3) is 11.0 Å². The molecule has 16 heteroatoms. The van der Waals surface area contributed by atoms with Crippen molar-refractivity contribution >= 4 is 30.8 Å². The van der Waals surface area contributed by atoms with Crippen molar-refractivity contribution in [1.29, 1.82) is 0 Å². The molecule has 0 saturated heterocycles. The standard InChI is InChI=1S/C25H27F5N6O4Si/c1-14-19(35-40-34-14)11-32-24(37)33-15-9-17(26)22(18(27)10-15)39-20-5-6-31-23-21(20)16(25(28,29)30)12-36(23)13-38-7-8-41(2,3)4/h5-6,9-10,12H,7-8,11,13H2,1-4H3,(H2,32,33,37). The summed E-state index contributed by atoms with van der Waals surface area (Å²) in [7, 11) is -1.42. The molecule has 0 saturated carbocycles. The Morgan fingerprint density at radius 3 is 2.46 bits per heavy atom. The van der Waals surface area contributed by atoms with Crippen molar-refractivity contribution in [2.24, 2.45) is 0 Å². The number of nitrogens with zero attached hydrogens (tertiary/aromatic N) is 4. The predicted molar refractivity (Wildman–Crippen MR) is 140 cm³/mol. The van der Waals surface area contributed by atoms with E-state index in [-0.39, 0.29) is 24.6 Å². The fourth-order valence-corrected chi connectivity index (χ4v) is 4.47. The first kappa shape index (κ1) is 29.9. The lowest BCUT2D eigenvalue weighted by atomic mass is 10.2. The molecular formula is C25H27F5N6O4Si. The van der Waals surface area contributed by atoms with Crippen LogP contribution in [0.1, 0.15) is 17.0 Å². The van der Waals surface area contributed by atoms with E-state index < -0.39 is 54.4 Å². The Labute approximate surface area is 231 Å². The van der Waals surface area contributed by atoms with E-state index >= 15 is 0 Å². The minimum Gasteiger partial charge on any atom is -0.450 e. The van der Waals surface area contributed by atoms with E-state index in [9.17, 15) is 26.7 Å². The van der Waals surface area contributed by atoms with Gasteiger partial charge >= 0.3 is 12.2 Å². The van der Waals surface area contributed by atoms with Gasteiger partial charge in [-0.3, -0.25) is 0 Å². The number of urea groups is 1. The Hall–Kier alpha value is -4.05. The fourth-order valence-electron chi connectivity index (χ4n) is 3.71. The van der Waals surface area contributed by atoms with Gasteiger partial charge in [-0.2, -0.15) is 13.2 Å². The molecule has 10 nitrogen and oxygen atoms in total. The molecule has 220 valence electrons. The Balaban J connectivity index is 1.55. The van der Waals surface area contributed by atoms with E-state index in [0.717, 1.165) is 30.4 Å². The first-order valence-electron chi connectivity index (χ1n) is 12.4. The molecule has 4 rings (SSSR count). The van der Waals surface area contributed by atoms with E-state index in [4.69, 9.17) is 9.47 Å². The molecule has 3 aromatic heterocycles. The van der Waals surface area contributed by atoms with Gasteiger partial charge in [0.15, 0.2) is 17.4 Å². The number of halogens is 5. The van der Waals surface area contributed by atoms with E-state index in [0.29, 0.717) is 18.0 Å². The summed E-state index contributed by atoms with van der Waals surface area (Å²) >= 11 is 0. The Morgan fingerprint density at radius 1 is 1.15 bits per heavy atom. The van der Waals surface area contributed by atoms with Gasteiger partial charge in [0.05, 0.1) is 17.5 Å². The van der Waals surface area contributed by atoms with Gasteiger partial charge in [-0.25, -0.2) is 23.2 Å². The molecule has 2 amide bonds. The fraction of sp³-hybridized carbons (Fsp3) is 0.360. The largest absolute Gasteiger partial charge is 0.450 e. The molecule has 0 aliphatic heterocycles. The van der Waals surface area contributed by atoms with Crippen LogP contribution >= 0.6 is 0 Å². The minimum absolute atomic E-state index is 0.0596. The van der Waals surface area contributed by atoms with Crippen molar-refractivity contribution in [3.8, 4) is 11.5 Å². The van der Waals surface area contributed by atoms with Crippen molar-refractivity contribution < 1.29 is 40.8 Å². The Bertz CT molecular complexity index is 1530. The second kappa shape index (κ2) is 11.8. The summed E-state index contributed by atoms with van der Waals surface area (Å²) in [5.74, 6) is -3.94. The van der Waals surface area contributed by atoms with Crippen molar-refractivity contribution in [3.63, 3.8) is 0 Å². The van der Waals surface area contributed by atoms with Gasteiger partial charge in [-0.15, -0.1) is 0 Å². The van der Waals surface area contributed by atoms with Gasteiger partial charge in [0.25, 0.3) is 0 Å². The van der Waals surface area contributed by atoms with Crippen LogP contribution in [-0.2, 0) is 24.2 Å². The molecule has 1 aromatic carbocycles. The third kappa shape index (κ3) is 7.37. The van der Waals surface area contributed by atoms with Crippen LogP contribution in [0.3, 0.4) is 0 Å². The van der Waals surface area contributed by atoms with Crippen LogP contribution in [0.15, 0.2) is 35.2 Å². The zero-order valence-corrected chi connectivity index (χ0v) is 23.5. The zero-order valence-electron chi connectivity index (χ0n) is 22.5. The van der Waals surface area contributed by atoms with E-state index in [1.165, 1.54) is 10.8 Å². The van der Waals surface area contributed by atoms with E-state index in [2.05, 4.69) is 50.2 Å². The van der Waals surface area contributed by atoms with Gasteiger partial charge in [0, 0.05) is 44.9 Å². The molecule has 0 aliphatic rings. The Kier molecular flexibility index (Phi) is 8.62. The number of alkyl halides is 3. The number of benzene rings is 1. The maximum Gasteiger partial charge on any atom is 0.418 e. The smallest absolute Gasteiger partial charge is 0.418 e. The summed E-state index contributed by atoms with van der Waals surface area (Å²) in [6, 6.07) is 2.61. The lowest BCUT2D eigenvalue weighted by Gasteiger charge is -2.15. The van der Waals surface area contributed by atoms with Gasteiger partial charge in [-0.05, 0) is 19.0 Å². The first-order chi connectivity index (χ1) is 19.2. The maximum atomic E-state index is 14.9. The third-order valence-corrected chi connectivity index (χ3v) is 7.59. The number of carbonyl (C=O) groups excluding carboxylic acids is 1. The quantitative estimate of drug-likeness (QED) is 0.122. The first-order valence-corrected chi connectivity index (χ1v) is 16.1. The molecule has 41 heavy (non-hydrogen) atoms. The number of carbonyl (C=O) groups is 1. The molecule has 0 aliphatic carbocycles. The number of hydrogen-bond acceptors (Lipinski definition) is 7. The molecule has 3 heterocycles. The number of amides is 2. The van der Waals surface area contributed by atoms with Crippen molar-refractivity contribution in [1.82, 2.24) is 25.2 Å². The van der Waals surface area contributed by atoms with Crippen LogP contribution in [0.5, 0.6) is 11.5 Å². The summed E-state index contributed by atoms with van der Waals surface area (Å²) in [6.07, 6.45) is -2.83. The molecule has 2 N–H and O–H groups in total. The summed E-state index contributed by atoms with van der Waals surface area (Å²) in [5.41, 5.74) is -0.686. The highest BCUT2D eigenvalue weighted by Crippen LogP contribution is 2.42. The van der Waals surface area contributed by atoms with Gasteiger partial charge in [0.2, 0.25) is 0 Å². The van der Waals surface area contributed by atoms with Crippen LogP contribution in [0, 0.1) is 18.6 Å².